The summed E-state index contributed by atoms with van der Waals surface area (Å²) in [5.74, 6) is 0.524. The molecule has 0 aromatic heterocycles. The van der Waals surface area contributed by atoms with E-state index in [1.165, 1.54) is 0 Å². The standard InChI is InChI=1S/C18H19N2O2/c1-22-15-8-6-13(7-9-15)12-20-11-10-14-4-2-3-5-16(14)17(20)18(19)21/h3-9,17H,10-12H2,1H3,(H2,19,21). The number of amides is 1. The second-order valence-corrected chi connectivity index (χ2v) is 5.50. The molecule has 22 heavy (non-hydrogen) atoms. The molecule has 1 amide bonds. The second kappa shape index (κ2) is 6.20. The molecule has 1 heterocycles. The Morgan fingerprint density at radius 1 is 1.36 bits per heavy atom. The first-order valence-corrected chi connectivity index (χ1v) is 7.34. The molecular formula is C18H19N2O2. The smallest absolute Gasteiger partial charge is 0.239 e. The third kappa shape index (κ3) is 2.83. The zero-order valence-electron chi connectivity index (χ0n) is 12.6. The molecule has 0 spiro atoms. The zero-order valence-corrected chi connectivity index (χ0v) is 12.6. The van der Waals surface area contributed by atoms with Gasteiger partial charge >= 0.3 is 0 Å². The monoisotopic (exact) mass is 295 g/mol. The van der Waals surface area contributed by atoms with Crippen LogP contribution in [0.25, 0.3) is 0 Å². The Bertz CT molecular complexity index is 667. The van der Waals surface area contributed by atoms with Gasteiger partial charge in [-0.3, -0.25) is 9.69 Å². The summed E-state index contributed by atoms with van der Waals surface area (Å²) in [5, 5.41) is 0. The lowest BCUT2D eigenvalue weighted by molar-refractivity contribution is -0.124. The van der Waals surface area contributed by atoms with Gasteiger partial charge in [-0.05, 0) is 41.3 Å². The summed E-state index contributed by atoms with van der Waals surface area (Å²) in [7, 11) is 1.65. The Hall–Kier alpha value is -2.33. The van der Waals surface area contributed by atoms with Gasteiger partial charge in [-0.25, -0.2) is 0 Å². The van der Waals surface area contributed by atoms with E-state index in [9.17, 15) is 4.79 Å². The van der Waals surface area contributed by atoms with E-state index in [2.05, 4.69) is 11.0 Å². The van der Waals surface area contributed by atoms with E-state index < -0.39 is 0 Å². The molecule has 4 nitrogen and oxygen atoms in total. The molecule has 1 radical (unpaired) electrons. The number of ether oxygens (including phenoxy) is 1. The predicted octanol–water partition coefficient (Wildman–Crippen LogP) is 2.08. The molecule has 0 fully saturated rings. The van der Waals surface area contributed by atoms with Gasteiger partial charge in [0, 0.05) is 13.1 Å². The minimum atomic E-state index is -0.375. The molecule has 1 atom stereocenters. The topological polar surface area (TPSA) is 55.6 Å². The third-order valence-electron chi connectivity index (χ3n) is 4.13. The van der Waals surface area contributed by atoms with Crippen molar-refractivity contribution in [1.82, 2.24) is 4.90 Å². The Morgan fingerprint density at radius 2 is 2.14 bits per heavy atom. The molecule has 2 N–H and O–H groups in total. The van der Waals surface area contributed by atoms with Gasteiger partial charge in [0.1, 0.15) is 11.8 Å². The van der Waals surface area contributed by atoms with Crippen LogP contribution >= 0.6 is 0 Å². The van der Waals surface area contributed by atoms with Crippen molar-refractivity contribution in [2.75, 3.05) is 13.7 Å². The molecule has 2 aromatic carbocycles. The normalized spacial score (nSPS) is 17.8. The lowest BCUT2D eigenvalue weighted by atomic mass is 9.92. The quantitative estimate of drug-likeness (QED) is 0.939. The van der Waals surface area contributed by atoms with Crippen LogP contribution in [-0.4, -0.2) is 24.5 Å². The summed E-state index contributed by atoms with van der Waals surface area (Å²) < 4.78 is 5.17. The van der Waals surface area contributed by atoms with Crippen LogP contribution in [0.2, 0.25) is 0 Å². The van der Waals surface area contributed by atoms with E-state index in [0.29, 0.717) is 6.54 Å². The fourth-order valence-corrected chi connectivity index (χ4v) is 3.02. The summed E-state index contributed by atoms with van der Waals surface area (Å²) >= 11 is 0. The highest BCUT2D eigenvalue weighted by Gasteiger charge is 2.31. The highest BCUT2D eigenvalue weighted by atomic mass is 16.5. The molecular weight excluding hydrogens is 276 g/mol. The molecule has 0 aliphatic carbocycles. The van der Waals surface area contributed by atoms with Crippen LogP contribution in [0.15, 0.2) is 42.5 Å². The summed E-state index contributed by atoms with van der Waals surface area (Å²) in [6.45, 7) is 1.50. The SMILES string of the molecule is COc1ccc(CN2CCc3c[c]ccc3C2C(N)=O)cc1. The second-order valence-electron chi connectivity index (χ2n) is 5.50. The number of carbonyl (C=O) groups excluding carboxylic acids is 1. The molecule has 4 heteroatoms. The van der Waals surface area contributed by atoms with Crippen LogP contribution in [0.4, 0.5) is 0 Å². The van der Waals surface area contributed by atoms with Crippen molar-refractivity contribution in [3.8, 4) is 5.75 Å². The minimum absolute atomic E-state index is 0.305. The number of methoxy groups -OCH3 is 1. The first-order valence-electron chi connectivity index (χ1n) is 7.34. The summed E-state index contributed by atoms with van der Waals surface area (Å²) in [4.78, 5) is 14.1. The van der Waals surface area contributed by atoms with Gasteiger partial charge in [0.25, 0.3) is 0 Å². The van der Waals surface area contributed by atoms with Gasteiger partial charge in [0.2, 0.25) is 5.91 Å². The number of hydrogen-bond acceptors (Lipinski definition) is 3. The lowest BCUT2D eigenvalue weighted by Crippen LogP contribution is -2.42. The van der Waals surface area contributed by atoms with Crippen LogP contribution < -0.4 is 10.5 Å². The highest BCUT2D eigenvalue weighted by Crippen LogP contribution is 2.30. The predicted molar refractivity (Wildman–Crippen MR) is 84.3 cm³/mol. The van der Waals surface area contributed by atoms with Gasteiger partial charge in [-0.1, -0.05) is 30.3 Å². The lowest BCUT2D eigenvalue weighted by Gasteiger charge is -2.35. The van der Waals surface area contributed by atoms with Crippen LogP contribution in [0.5, 0.6) is 5.75 Å². The molecule has 0 saturated carbocycles. The number of primary amides is 1. The molecule has 1 unspecified atom stereocenters. The Labute approximate surface area is 130 Å². The van der Waals surface area contributed by atoms with E-state index >= 15 is 0 Å². The van der Waals surface area contributed by atoms with Gasteiger partial charge in [-0.2, -0.15) is 0 Å². The van der Waals surface area contributed by atoms with Crippen molar-refractivity contribution >= 4 is 5.91 Å². The molecule has 3 rings (SSSR count). The van der Waals surface area contributed by atoms with Gasteiger partial charge in [0.15, 0.2) is 0 Å². The minimum Gasteiger partial charge on any atom is -0.497 e. The maximum Gasteiger partial charge on any atom is 0.239 e. The Morgan fingerprint density at radius 3 is 2.82 bits per heavy atom. The third-order valence-corrected chi connectivity index (χ3v) is 4.13. The fourth-order valence-electron chi connectivity index (χ4n) is 3.02. The van der Waals surface area contributed by atoms with E-state index in [0.717, 1.165) is 35.4 Å². The van der Waals surface area contributed by atoms with Crippen molar-refractivity contribution in [3.05, 3.63) is 65.2 Å². The van der Waals surface area contributed by atoms with E-state index in [-0.39, 0.29) is 11.9 Å². The van der Waals surface area contributed by atoms with E-state index in [4.69, 9.17) is 10.5 Å². The van der Waals surface area contributed by atoms with Crippen molar-refractivity contribution in [1.29, 1.82) is 0 Å². The number of nitrogens with two attached hydrogens (primary N) is 1. The summed E-state index contributed by atoms with van der Waals surface area (Å²) in [6.07, 6.45) is 0.909. The Balaban J connectivity index is 1.85. The number of hydrogen-bond donors (Lipinski definition) is 1. The van der Waals surface area contributed by atoms with E-state index in [1.807, 2.05) is 42.5 Å². The Kier molecular flexibility index (Phi) is 4.11. The van der Waals surface area contributed by atoms with Crippen molar-refractivity contribution in [2.24, 2.45) is 5.73 Å². The highest BCUT2D eigenvalue weighted by molar-refractivity contribution is 5.82. The maximum atomic E-state index is 12.0. The van der Waals surface area contributed by atoms with Crippen LogP contribution in [0.3, 0.4) is 0 Å². The molecule has 0 bridgehead atoms. The van der Waals surface area contributed by atoms with Crippen LogP contribution in [-0.2, 0) is 17.8 Å². The van der Waals surface area contributed by atoms with Gasteiger partial charge < -0.3 is 10.5 Å². The number of rotatable bonds is 4. The number of nitrogens with zero attached hydrogens (tertiary/aromatic N) is 1. The fraction of sp³-hybridized carbons (Fsp3) is 0.278. The van der Waals surface area contributed by atoms with Crippen LogP contribution in [0.1, 0.15) is 22.7 Å². The molecule has 1 aliphatic rings. The average molecular weight is 295 g/mol. The number of fused-ring (bicyclic) bond motifs is 1. The van der Waals surface area contributed by atoms with E-state index in [1.54, 1.807) is 7.11 Å². The molecule has 0 saturated heterocycles. The zero-order chi connectivity index (χ0) is 15.5. The summed E-state index contributed by atoms with van der Waals surface area (Å²) in [6, 6.07) is 16.3. The number of carbonyl (C=O) groups is 1. The first kappa shape index (κ1) is 14.6. The molecule has 1 aliphatic heterocycles. The summed E-state index contributed by atoms with van der Waals surface area (Å²) in [5.41, 5.74) is 8.97. The number of benzene rings is 2. The van der Waals surface area contributed by atoms with Gasteiger partial charge in [-0.15, -0.1) is 0 Å². The maximum absolute atomic E-state index is 12.0. The van der Waals surface area contributed by atoms with Crippen molar-refractivity contribution in [3.63, 3.8) is 0 Å². The molecule has 113 valence electrons. The largest absolute Gasteiger partial charge is 0.497 e. The van der Waals surface area contributed by atoms with Crippen molar-refractivity contribution in [2.45, 2.75) is 19.0 Å². The van der Waals surface area contributed by atoms with Crippen LogP contribution in [0, 0.1) is 6.07 Å². The van der Waals surface area contributed by atoms with Crippen molar-refractivity contribution < 1.29 is 9.53 Å². The average Bonchev–Trinajstić information content (AvgIpc) is 2.55. The first-order chi connectivity index (χ1) is 10.7. The van der Waals surface area contributed by atoms with Gasteiger partial charge in [0.05, 0.1) is 7.11 Å². The molecule has 2 aromatic rings.